The van der Waals surface area contributed by atoms with E-state index in [1.54, 1.807) is 0 Å². The van der Waals surface area contributed by atoms with Gasteiger partial charge in [-0.25, -0.2) is 0 Å². The highest BCUT2D eigenvalue weighted by atomic mass is 15.2. The van der Waals surface area contributed by atoms with Crippen LogP contribution >= 0.6 is 0 Å². The lowest BCUT2D eigenvalue weighted by Crippen LogP contribution is -2.23. The Morgan fingerprint density at radius 3 is 1.93 bits per heavy atom. The van der Waals surface area contributed by atoms with Crippen LogP contribution in [0.2, 0.25) is 0 Å². The minimum Gasteiger partial charge on any atom is -0.315 e. The lowest BCUT2D eigenvalue weighted by Gasteiger charge is -2.32. The molecule has 0 spiro atoms. The monoisotopic (exact) mass is 520 g/mol. The fraction of sp³-hybridized carbons (Fsp3) is 0.158. The third-order valence-electron chi connectivity index (χ3n) is 7.64. The molecule has 40 heavy (non-hydrogen) atoms. The molecule has 0 saturated carbocycles. The number of rotatable bonds is 7. The number of hydrogen-bond donors (Lipinski definition) is 0. The lowest BCUT2D eigenvalue weighted by atomic mass is 9.97. The van der Waals surface area contributed by atoms with E-state index in [9.17, 15) is 0 Å². The van der Waals surface area contributed by atoms with E-state index >= 15 is 0 Å². The van der Waals surface area contributed by atoms with Crippen molar-refractivity contribution in [1.29, 1.82) is 0 Å². The van der Waals surface area contributed by atoms with E-state index in [2.05, 4.69) is 163 Å². The van der Waals surface area contributed by atoms with Crippen molar-refractivity contribution >= 4 is 22.7 Å². The first-order valence-corrected chi connectivity index (χ1v) is 14.3. The van der Waals surface area contributed by atoms with Crippen LogP contribution in [0, 0.1) is 12.8 Å². The molecule has 0 fully saturated rings. The van der Waals surface area contributed by atoms with E-state index in [0.717, 1.165) is 36.3 Å². The van der Waals surface area contributed by atoms with Crippen molar-refractivity contribution in [1.82, 2.24) is 0 Å². The number of anilines is 4. The Morgan fingerprint density at radius 2 is 1.30 bits per heavy atom. The molecule has 1 unspecified atom stereocenters. The third kappa shape index (κ3) is 5.58. The van der Waals surface area contributed by atoms with E-state index in [4.69, 9.17) is 0 Å². The summed E-state index contributed by atoms with van der Waals surface area (Å²) in [5, 5.41) is 0. The highest BCUT2D eigenvalue weighted by Gasteiger charge is 2.19. The number of nitrogens with zero attached hydrogens (tertiary/aromatic N) is 2. The molecule has 2 heteroatoms. The van der Waals surface area contributed by atoms with Crippen molar-refractivity contribution in [2.45, 2.75) is 33.1 Å². The Hall–Kier alpha value is -4.56. The van der Waals surface area contributed by atoms with Crippen molar-refractivity contribution in [2.75, 3.05) is 9.80 Å². The zero-order valence-corrected chi connectivity index (χ0v) is 23.4. The number of benzene rings is 4. The molecule has 198 valence electrons. The van der Waals surface area contributed by atoms with E-state index in [-0.39, 0.29) is 0 Å². The summed E-state index contributed by atoms with van der Waals surface area (Å²) >= 11 is 0. The van der Waals surface area contributed by atoms with Gasteiger partial charge in [-0.3, -0.25) is 0 Å². The second-order valence-corrected chi connectivity index (χ2v) is 10.8. The summed E-state index contributed by atoms with van der Waals surface area (Å²) in [5.41, 5.74) is 11.0. The maximum atomic E-state index is 2.43. The Kier molecular flexibility index (Phi) is 7.50. The predicted molar refractivity (Wildman–Crippen MR) is 171 cm³/mol. The molecule has 0 radical (unpaired) electrons. The molecule has 0 aliphatic heterocycles. The van der Waals surface area contributed by atoms with Crippen molar-refractivity contribution in [3.63, 3.8) is 0 Å². The van der Waals surface area contributed by atoms with Gasteiger partial charge in [0.15, 0.2) is 0 Å². The Balaban J connectivity index is 1.30. The van der Waals surface area contributed by atoms with Crippen LogP contribution in [-0.2, 0) is 0 Å². The van der Waals surface area contributed by atoms with Crippen molar-refractivity contribution in [3.8, 4) is 11.1 Å². The van der Waals surface area contributed by atoms with Crippen LogP contribution in [-0.4, -0.2) is 0 Å². The van der Waals surface area contributed by atoms with Crippen molar-refractivity contribution < 1.29 is 0 Å². The molecular formula is C38H36N2. The summed E-state index contributed by atoms with van der Waals surface area (Å²) in [6.45, 7) is 4.43. The van der Waals surface area contributed by atoms with E-state index < -0.39 is 0 Å². The lowest BCUT2D eigenvalue weighted by molar-refractivity contribution is 0.691. The van der Waals surface area contributed by atoms with Crippen molar-refractivity contribution in [2.24, 2.45) is 5.92 Å². The largest absolute Gasteiger partial charge is 0.315 e. The zero-order chi connectivity index (χ0) is 27.3. The van der Waals surface area contributed by atoms with Gasteiger partial charge in [0.2, 0.25) is 0 Å². The maximum Gasteiger partial charge on any atom is 0.0464 e. The minimum absolute atomic E-state index is 0.545. The highest BCUT2D eigenvalue weighted by Crippen LogP contribution is 2.37. The van der Waals surface area contributed by atoms with Gasteiger partial charge in [-0.1, -0.05) is 85.8 Å². The van der Waals surface area contributed by atoms with Crippen LogP contribution in [0.3, 0.4) is 0 Å². The predicted octanol–water partition coefficient (Wildman–Crippen LogP) is 10.7. The van der Waals surface area contributed by atoms with Gasteiger partial charge in [0.1, 0.15) is 0 Å². The molecule has 4 aromatic carbocycles. The van der Waals surface area contributed by atoms with Crippen LogP contribution in [0.1, 0.15) is 31.7 Å². The van der Waals surface area contributed by atoms with Gasteiger partial charge in [-0.2, -0.15) is 0 Å². The molecule has 4 aromatic rings. The molecule has 0 amide bonds. The van der Waals surface area contributed by atoms with Crippen LogP contribution in [0.25, 0.3) is 11.1 Å². The summed E-state index contributed by atoms with van der Waals surface area (Å²) in [6, 6.07) is 37.2. The third-order valence-corrected chi connectivity index (χ3v) is 7.64. The standard InChI is InChI=1S/C38H36N2/c1-29-11-9-17-37(27-29)39(33-13-5-3-6-14-33)35-23-19-31(20-24-35)32-21-25-36(26-22-32)40(34-15-7-4-8-16-34)38-18-10-12-30(2)28-38/h3,5-7,9-27,30H,4,8,28H2,1-2H3. The second kappa shape index (κ2) is 11.7. The average molecular weight is 521 g/mol. The smallest absolute Gasteiger partial charge is 0.0464 e. The molecule has 2 aliphatic rings. The first kappa shape index (κ1) is 25.7. The fourth-order valence-electron chi connectivity index (χ4n) is 5.63. The molecule has 0 N–H and O–H groups in total. The molecule has 2 nitrogen and oxygen atoms in total. The van der Waals surface area contributed by atoms with Crippen molar-refractivity contribution in [3.05, 3.63) is 157 Å². The van der Waals surface area contributed by atoms with E-state index in [1.807, 2.05) is 0 Å². The first-order valence-electron chi connectivity index (χ1n) is 14.3. The second-order valence-electron chi connectivity index (χ2n) is 10.8. The summed E-state index contributed by atoms with van der Waals surface area (Å²) in [5.74, 6) is 0.545. The molecule has 0 saturated heterocycles. The molecule has 2 aliphatic carbocycles. The maximum absolute atomic E-state index is 2.43. The van der Waals surface area contributed by atoms with Gasteiger partial charge in [-0.05, 0) is 109 Å². The average Bonchev–Trinajstić information content (AvgIpc) is 3.00. The molecule has 1 atom stereocenters. The summed E-state index contributed by atoms with van der Waals surface area (Å²) < 4.78 is 0. The zero-order valence-electron chi connectivity index (χ0n) is 23.4. The van der Waals surface area contributed by atoms with Crippen LogP contribution in [0.5, 0.6) is 0 Å². The quantitative estimate of drug-likeness (QED) is 0.239. The van der Waals surface area contributed by atoms with E-state index in [1.165, 1.54) is 33.8 Å². The van der Waals surface area contributed by atoms with Gasteiger partial charge in [-0.15, -0.1) is 0 Å². The molecule has 0 heterocycles. The van der Waals surface area contributed by atoms with Crippen LogP contribution < -0.4 is 9.80 Å². The van der Waals surface area contributed by atoms with Crippen LogP contribution in [0.4, 0.5) is 22.7 Å². The Labute approximate surface area is 238 Å². The summed E-state index contributed by atoms with van der Waals surface area (Å²) in [4.78, 5) is 4.75. The summed E-state index contributed by atoms with van der Waals surface area (Å²) in [7, 11) is 0. The number of allylic oxidation sites excluding steroid dienone is 7. The normalized spacial score (nSPS) is 16.3. The van der Waals surface area contributed by atoms with Gasteiger partial charge in [0.25, 0.3) is 0 Å². The Morgan fingerprint density at radius 1 is 0.650 bits per heavy atom. The molecule has 0 bridgehead atoms. The number of aryl methyl sites for hydroxylation is 1. The number of para-hydroxylation sites is 1. The SMILES string of the molecule is Cc1cccc(N(c2ccccc2)c2ccc(-c3ccc(N(C4=CCCC=C4)C4=CC=CC(C)C4)cc3)cc2)c1. The number of hydrogen-bond acceptors (Lipinski definition) is 2. The van der Waals surface area contributed by atoms with Gasteiger partial charge >= 0.3 is 0 Å². The molecule has 6 rings (SSSR count). The first-order chi connectivity index (χ1) is 19.7. The fourth-order valence-corrected chi connectivity index (χ4v) is 5.63. The summed E-state index contributed by atoms with van der Waals surface area (Å²) in [6.07, 6.45) is 16.9. The highest BCUT2D eigenvalue weighted by molar-refractivity contribution is 5.79. The van der Waals surface area contributed by atoms with Gasteiger partial charge in [0.05, 0.1) is 0 Å². The minimum atomic E-state index is 0.545. The van der Waals surface area contributed by atoms with Crippen LogP contribution in [0.15, 0.2) is 151 Å². The molecular weight excluding hydrogens is 484 g/mol. The molecule has 0 aromatic heterocycles. The van der Waals surface area contributed by atoms with Gasteiger partial charge < -0.3 is 9.80 Å². The van der Waals surface area contributed by atoms with E-state index in [0.29, 0.717) is 5.92 Å². The topological polar surface area (TPSA) is 6.48 Å². The van der Waals surface area contributed by atoms with Gasteiger partial charge in [0, 0.05) is 34.1 Å². The Bertz CT molecular complexity index is 1570.